The Kier molecular flexibility index (Phi) is 20.6. The highest BCUT2D eigenvalue weighted by Gasteiger charge is 2.56. The Morgan fingerprint density at radius 2 is 1.59 bits per heavy atom. The van der Waals surface area contributed by atoms with E-state index in [9.17, 15) is 34.5 Å². The zero-order chi connectivity index (χ0) is 50.6. The number of hydrogen-bond donors (Lipinski definition) is 3. The maximum atomic E-state index is 14.6. The Morgan fingerprint density at radius 3 is 2.25 bits per heavy atom. The van der Waals surface area contributed by atoms with Crippen LogP contribution in [0.5, 0.6) is 5.75 Å². The number of benzene rings is 1. The molecule has 384 valence electrons. The molecular weight excluding hydrogens is 883 g/mol. The molecule has 1 aromatic rings. The molecule has 3 N–H and O–H groups in total. The van der Waals surface area contributed by atoms with Crippen molar-refractivity contribution >= 4 is 29.5 Å². The van der Waals surface area contributed by atoms with Crippen molar-refractivity contribution in [3.63, 3.8) is 0 Å². The first-order valence-corrected chi connectivity index (χ1v) is 25.1. The first kappa shape index (κ1) is 55.9. The molecule has 3 aliphatic heterocycles. The van der Waals surface area contributed by atoms with Crippen LogP contribution in [-0.4, -0.2) is 133 Å². The Bertz CT molecular complexity index is 2010. The van der Waals surface area contributed by atoms with Crippen LogP contribution in [0.4, 0.5) is 0 Å². The van der Waals surface area contributed by atoms with E-state index >= 15 is 0 Å². The van der Waals surface area contributed by atoms with E-state index in [1.807, 2.05) is 81.5 Å². The lowest BCUT2D eigenvalue weighted by molar-refractivity contribution is -0.302. The second kappa shape index (κ2) is 25.4. The molecule has 14 nitrogen and oxygen atoms in total. The van der Waals surface area contributed by atoms with E-state index in [4.69, 9.17) is 28.4 Å². The predicted octanol–water partition coefficient (Wildman–Crippen LogP) is 7.51. The average Bonchev–Trinajstić information content (AvgIpc) is 3.34. The number of esters is 1. The molecule has 3 fully saturated rings. The van der Waals surface area contributed by atoms with E-state index < -0.39 is 89.5 Å². The molecular formula is C55H81NO13. The predicted molar refractivity (Wildman–Crippen MR) is 263 cm³/mol. The van der Waals surface area contributed by atoms with Crippen molar-refractivity contribution in [2.45, 2.75) is 173 Å². The fraction of sp³-hybridized carbons (Fsp3) is 0.673. The minimum atomic E-state index is -2.52. The number of nitrogens with zero attached hydrogens (tertiary/aromatic N) is 1. The maximum absolute atomic E-state index is 14.6. The zero-order valence-electron chi connectivity index (χ0n) is 42.8. The largest absolute Gasteiger partial charge is 0.497 e. The van der Waals surface area contributed by atoms with Crippen LogP contribution in [-0.2, 0) is 42.9 Å². The van der Waals surface area contributed by atoms with E-state index in [2.05, 4.69) is 6.92 Å². The molecule has 69 heavy (non-hydrogen) atoms. The Morgan fingerprint density at radius 1 is 0.899 bits per heavy atom. The van der Waals surface area contributed by atoms with Gasteiger partial charge in [0, 0.05) is 52.0 Å². The van der Waals surface area contributed by atoms with Gasteiger partial charge in [-0.15, -0.1) is 0 Å². The van der Waals surface area contributed by atoms with Crippen molar-refractivity contribution in [1.82, 2.24) is 4.90 Å². The molecule has 1 aromatic carbocycles. The van der Waals surface area contributed by atoms with Gasteiger partial charge < -0.3 is 48.6 Å². The van der Waals surface area contributed by atoms with Crippen LogP contribution in [0.25, 0.3) is 6.08 Å². The number of hydrogen-bond acceptors (Lipinski definition) is 13. The number of ketones is 2. The number of aliphatic hydroxyl groups is 3. The van der Waals surface area contributed by atoms with Crippen molar-refractivity contribution in [3.05, 3.63) is 71.4 Å². The Hall–Kier alpha value is -4.02. The summed E-state index contributed by atoms with van der Waals surface area (Å²) in [5.74, 6) is -6.99. The minimum Gasteiger partial charge on any atom is -0.497 e. The average molecular weight is 964 g/mol. The minimum absolute atomic E-state index is 0.0184. The second-order valence-electron chi connectivity index (χ2n) is 20.4. The lowest BCUT2D eigenvalue weighted by Crippen LogP contribution is -2.64. The number of amides is 1. The monoisotopic (exact) mass is 964 g/mol. The molecule has 0 radical (unpaired) electrons. The summed E-state index contributed by atoms with van der Waals surface area (Å²) in [5, 5.41) is 35.9. The third-order valence-electron chi connectivity index (χ3n) is 15.3. The first-order chi connectivity index (χ1) is 32.8. The molecule has 4 aliphatic rings. The van der Waals surface area contributed by atoms with Gasteiger partial charge in [-0.2, -0.15) is 0 Å². The van der Waals surface area contributed by atoms with Crippen molar-refractivity contribution in [1.29, 1.82) is 0 Å². The number of piperidine rings is 1. The molecule has 5 rings (SSSR count). The van der Waals surface area contributed by atoms with Gasteiger partial charge in [-0.3, -0.25) is 14.4 Å². The van der Waals surface area contributed by atoms with Crippen LogP contribution >= 0.6 is 0 Å². The number of methoxy groups -OCH3 is 4. The number of carbonyl (C=O) groups is 4. The fourth-order valence-electron chi connectivity index (χ4n) is 11.0. The summed E-state index contributed by atoms with van der Waals surface area (Å²) < 4.78 is 35.6. The van der Waals surface area contributed by atoms with E-state index in [-0.39, 0.29) is 43.4 Å². The van der Waals surface area contributed by atoms with Crippen LogP contribution in [0, 0.1) is 29.6 Å². The smallest absolute Gasteiger partial charge is 0.329 e. The van der Waals surface area contributed by atoms with Crippen molar-refractivity contribution < 1.29 is 62.9 Å². The summed E-state index contributed by atoms with van der Waals surface area (Å²) >= 11 is 0. The Balaban J connectivity index is 1.44. The quantitative estimate of drug-likeness (QED) is 0.0857. The van der Waals surface area contributed by atoms with Crippen LogP contribution < -0.4 is 4.74 Å². The number of allylic oxidation sites excluding steroid dienone is 5. The van der Waals surface area contributed by atoms with Crippen LogP contribution in [0.15, 0.2) is 65.8 Å². The van der Waals surface area contributed by atoms with E-state index in [0.717, 1.165) is 16.9 Å². The van der Waals surface area contributed by atoms with Crippen molar-refractivity contribution in [2.24, 2.45) is 29.6 Å². The van der Waals surface area contributed by atoms with Gasteiger partial charge in [0.25, 0.3) is 11.7 Å². The highest BCUT2D eigenvalue weighted by atomic mass is 16.7. The van der Waals surface area contributed by atoms with Crippen LogP contribution in [0.2, 0.25) is 0 Å². The van der Waals surface area contributed by atoms with Gasteiger partial charge in [-0.25, -0.2) is 4.79 Å². The highest BCUT2D eigenvalue weighted by molar-refractivity contribution is 6.39. The SMILES string of the molecule is CCC1/C=C(\C)CC(C)CC(OC)C2OC(O)(C(=O)C(=O)N3CCCCC3C(=O)OC(C(C)=CC3CCC(O)(CC=CC=Cc4ccc(OC)cc4)C(OC)C3)C(C)C(O)CC1=O)C(C)CC2OC. The zero-order valence-corrected chi connectivity index (χ0v) is 42.8. The van der Waals surface area contributed by atoms with Crippen LogP contribution in [0.3, 0.4) is 0 Å². The molecule has 2 bridgehead atoms. The first-order valence-electron chi connectivity index (χ1n) is 25.1. The summed E-state index contributed by atoms with van der Waals surface area (Å²) in [4.78, 5) is 58.5. The number of aliphatic hydroxyl groups excluding tert-OH is 1. The number of cyclic esters (lactones) is 1. The standard InChI is InChI=1S/C55H81NO13/c1-11-41-28-34(2)27-35(3)29-46(65-8)50-47(66-9)31-37(5)55(63,69-50)51(59)52(60)56-26-16-14-18-43(56)53(61)68-49(38(6)44(57)33-45(41)58)36(4)30-40-23-25-54(62,48(32-40)67-10)24-15-12-13-17-39-19-21-42(64-7)22-20-39/h12-13,15,17,19-22,28,30,35,37-38,40-41,43-44,46-50,57,62-63H,11,14,16,18,23-27,29,31-33H2,1-10H3/b15-12?,17-13?,34-28+,36-30?. The molecule has 14 unspecified atom stereocenters. The van der Waals surface area contributed by atoms with E-state index in [0.29, 0.717) is 63.4 Å². The van der Waals surface area contributed by atoms with Crippen LogP contribution in [0.1, 0.15) is 124 Å². The van der Waals surface area contributed by atoms with E-state index in [1.54, 1.807) is 28.1 Å². The topological polar surface area (TPSA) is 188 Å². The van der Waals surface area contributed by atoms with Gasteiger partial charge in [-0.1, -0.05) is 81.9 Å². The summed E-state index contributed by atoms with van der Waals surface area (Å²) in [5.41, 5.74) is 1.52. The van der Waals surface area contributed by atoms with Gasteiger partial charge in [0.05, 0.1) is 37.1 Å². The van der Waals surface area contributed by atoms with Gasteiger partial charge >= 0.3 is 5.97 Å². The molecule has 14 atom stereocenters. The van der Waals surface area contributed by atoms with Crippen molar-refractivity contribution in [3.8, 4) is 5.75 Å². The van der Waals surface area contributed by atoms with Gasteiger partial charge in [0.15, 0.2) is 0 Å². The Labute approximate surface area is 410 Å². The fourth-order valence-corrected chi connectivity index (χ4v) is 11.0. The summed E-state index contributed by atoms with van der Waals surface area (Å²) in [6, 6.07) is 6.55. The van der Waals surface area contributed by atoms with Crippen molar-refractivity contribution in [2.75, 3.05) is 35.0 Å². The summed E-state index contributed by atoms with van der Waals surface area (Å²) in [6.45, 7) is 11.3. The molecule has 0 aromatic heterocycles. The molecule has 3 heterocycles. The molecule has 1 amide bonds. The highest BCUT2D eigenvalue weighted by Crippen LogP contribution is 2.41. The molecule has 14 heteroatoms. The number of ether oxygens (including phenoxy) is 6. The van der Waals surface area contributed by atoms with Gasteiger partial charge in [0.2, 0.25) is 5.79 Å². The van der Waals surface area contributed by atoms with Gasteiger partial charge in [-0.05, 0) is 120 Å². The summed E-state index contributed by atoms with van der Waals surface area (Å²) in [7, 11) is 6.28. The molecule has 1 aliphatic carbocycles. The number of rotatable bonds is 11. The normalized spacial score (nSPS) is 37.2. The van der Waals surface area contributed by atoms with Gasteiger partial charge in [0.1, 0.15) is 29.8 Å². The number of fused-ring (bicyclic) bond motifs is 3. The molecule has 1 saturated carbocycles. The maximum Gasteiger partial charge on any atom is 0.329 e. The third-order valence-corrected chi connectivity index (χ3v) is 15.3. The summed E-state index contributed by atoms with van der Waals surface area (Å²) in [6.07, 6.45) is 11.8. The molecule has 0 spiro atoms. The van der Waals surface area contributed by atoms with E-state index in [1.165, 1.54) is 19.1 Å². The number of Topliss-reactive ketones (excluding diaryl/α,β-unsaturated/α-hetero) is 2. The molecule has 2 saturated heterocycles. The number of carbonyl (C=O) groups excluding carboxylic acids is 4. The lowest BCUT2D eigenvalue weighted by Gasteiger charge is -2.47. The third kappa shape index (κ3) is 13.9. The lowest BCUT2D eigenvalue weighted by atomic mass is 9.74. The second-order valence-corrected chi connectivity index (χ2v) is 20.4.